The molecule has 13 heavy (non-hydrogen) atoms. The molecule has 0 spiro atoms. The van der Waals surface area contributed by atoms with Gasteiger partial charge in [0.1, 0.15) is 5.69 Å². The first-order valence-corrected chi connectivity index (χ1v) is 4.99. The number of aromatic nitrogens is 2. The molecule has 9 heteroatoms. The predicted molar refractivity (Wildman–Crippen MR) is 45.8 cm³/mol. The molecule has 0 aliphatic carbocycles. The van der Waals surface area contributed by atoms with E-state index in [0.29, 0.717) is 10.2 Å². The van der Waals surface area contributed by atoms with E-state index in [1.807, 2.05) is 0 Å². The highest BCUT2D eigenvalue weighted by Crippen LogP contribution is 2.32. The van der Waals surface area contributed by atoms with E-state index in [9.17, 15) is 13.0 Å². The summed E-state index contributed by atoms with van der Waals surface area (Å²) >= 11 is 4.92. The molecule has 0 fully saturated rings. The Balaban J connectivity index is 3.17. The summed E-state index contributed by atoms with van der Waals surface area (Å²) in [6.45, 7) is 0. The fourth-order valence-corrected chi connectivity index (χ4v) is 1.70. The molecule has 1 aromatic rings. The summed E-state index contributed by atoms with van der Waals surface area (Å²) in [4.78, 5) is 3.25. The highest BCUT2D eigenvalue weighted by molar-refractivity contribution is 9.10. The molecular weight excluding hydrogens is 293 g/mol. The Hall–Kier alpha value is -0.0500. The normalized spacial score (nSPS) is 14.5. The molecular formula is C4H2BrClF2N2O2S. The van der Waals surface area contributed by atoms with Gasteiger partial charge in [0.25, 0.3) is 11.3 Å². The van der Waals surface area contributed by atoms with Crippen LogP contribution in [0.25, 0.3) is 0 Å². The maximum absolute atomic E-state index is 12.4. The zero-order valence-electron chi connectivity index (χ0n) is 5.75. The smallest absolute Gasteiger partial charge is 0.289 e. The Kier molecular flexibility index (Phi) is 3.05. The fourth-order valence-electron chi connectivity index (χ4n) is 0.588. The lowest BCUT2D eigenvalue weighted by molar-refractivity contribution is 0.0904. The largest absolute Gasteiger partial charge is 0.366 e. The lowest BCUT2D eigenvalue weighted by atomic mass is 10.5. The highest BCUT2D eigenvalue weighted by atomic mass is 79.9. The van der Waals surface area contributed by atoms with Crippen molar-refractivity contribution in [1.29, 1.82) is 0 Å². The third-order valence-electron chi connectivity index (χ3n) is 1.09. The summed E-state index contributed by atoms with van der Waals surface area (Å²) in [6, 6.07) is 0. The fraction of sp³-hybridized carbons (Fsp3) is 0.250. The van der Waals surface area contributed by atoms with Crippen LogP contribution in [-0.4, -0.2) is 17.7 Å². The van der Waals surface area contributed by atoms with Gasteiger partial charge in [-0.15, -0.1) is 0 Å². The van der Waals surface area contributed by atoms with E-state index in [-0.39, 0.29) is 4.73 Å². The van der Waals surface area contributed by atoms with Gasteiger partial charge in [0.2, 0.25) is 0 Å². The highest BCUT2D eigenvalue weighted by Gasteiger charge is 2.32. The van der Waals surface area contributed by atoms with Gasteiger partial charge in [0.05, 0.1) is 6.20 Å². The van der Waals surface area contributed by atoms with Gasteiger partial charge in [0, 0.05) is 0 Å². The van der Waals surface area contributed by atoms with Crippen LogP contribution in [0.2, 0.25) is 0 Å². The van der Waals surface area contributed by atoms with E-state index in [1.165, 1.54) is 0 Å². The minimum atomic E-state index is -3.65. The standard InChI is InChI=1S/C4H2BrClF2N2O2S/c5-3-9-2(4(6,7)8)1-10(3)13(11)12/h1H,(H,11,12). The Bertz CT molecular complexity index is 352. The molecule has 1 aromatic heterocycles. The first-order chi connectivity index (χ1) is 5.82. The minimum Gasteiger partial charge on any atom is -0.289 e. The lowest BCUT2D eigenvalue weighted by Crippen LogP contribution is -2.04. The third kappa shape index (κ3) is 2.46. The van der Waals surface area contributed by atoms with Crippen molar-refractivity contribution in [2.75, 3.05) is 0 Å². The maximum Gasteiger partial charge on any atom is 0.366 e. The monoisotopic (exact) mass is 294 g/mol. The summed E-state index contributed by atoms with van der Waals surface area (Å²) in [6.07, 6.45) is 0.688. The first-order valence-electron chi connectivity index (χ1n) is 2.76. The third-order valence-corrected chi connectivity index (χ3v) is 2.70. The van der Waals surface area contributed by atoms with Gasteiger partial charge < -0.3 is 0 Å². The maximum atomic E-state index is 12.4. The Morgan fingerprint density at radius 2 is 2.31 bits per heavy atom. The zero-order valence-corrected chi connectivity index (χ0v) is 8.91. The summed E-state index contributed by atoms with van der Waals surface area (Å²) < 4.78 is 44.2. The summed E-state index contributed by atoms with van der Waals surface area (Å²) in [5.41, 5.74) is -0.788. The van der Waals surface area contributed by atoms with Gasteiger partial charge in [-0.25, -0.2) is 13.2 Å². The van der Waals surface area contributed by atoms with Crippen LogP contribution in [0.5, 0.6) is 0 Å². The molecule has 1 rings (SSSR count). The summed E-state index contributed by atoms with van der Waals surface area (Å²) in [7, 11) is 0. The van der Waals surface area contributed by atoms with Crippen molar-refractivity contribution in [3.05, 3.63) is 16.6 Å². The van der Waals surface area contributed by atoms with E-state index in [2.05, 4.69) is 32.5 Å². The number of hydrogen-bond acceptors (Lipinski definition) is 2. The van der Waals surface area contributed by atoms with E-state index in [0.717, 1.165) is 0 Å². The molecule has 0 amide bonds. The van der Waals surface area contributed by atoms with Crippen LogP contribution in [0.3, 0.4) is 0 Å². The van der Waals surface area contributed by atoms with Crippen LogP contribution < -0.4 is 0 Å². The molecule has 1 atom stereocenters. The van der Waals surface area contributed by atoms with Gasteiger partial charge in [-0.2, -0.15) is 8.78 Å². The van der Waals surface area contributed by atoms with E-state index in [4.69, 9.17) is 4.55 Å². The van der Waals surface area contributed by atoms with Gasteiger partial charge in [-0.1, -0.05) is 0 Å². The Morgan fingerprint density at radius 3 is 2.54 bits per heavy atom. The summed E-state index contributed by atoms with van der Waals surface area (Å²) in [5.74, 6) is 0. The molecule has 1 heterocycles. The van der Waals surface area contributed by atoms with Crippen LogP contribution in [0.15, 0.2) is 10.9 Å². The number of rotatable bonds is 2. The summed E-state index contributed by atoms with van der Waals surface area (Å²) in [5, 5.41) is -3.65. The van der Waals surface area contributed by atoms with Gasteiger partial charge >= 0.3 is 5.38 Å². The van der Waals surface area contributed by atoms with Crippen LogP contribution in [-0.2, 0) is 16.6 Å². The van der Waals surface area contributed by atoms with E-state index >= 15 is 0 Å². The van der Waals surface area contributed by atoms with Gasteiger partial charge in [-0.05, 0) is 27.5 Å². The van der Waals surface area contributed by atoms with Gasteiger partial charge in [0.15, 0.2) is 4.73 Å². The minimum absolute atomic E-state index is 0.191. The van der Waals surface area contributed by atoms with E-state index < -0.39 is 22.3 Å². The molecule has 1 N–H and O–H groups in total. The van der Waals surface area contributed by atoms with Crippen molar-refractivity contribution in [3.8, 4) is 0 Å². The average molecular weight is 295 g/mol. The second kappa shape index (κ2) is 3.60. The molecule has 0 bridgehead atoms. The molecule has 1 unspecified atom stereocenters. The first kappa shape index (κ1) is 11.0. The molecule has 4 nitrogen and oxygen atoms in total. The van der Waals surface area contributed by atoms with Crippen molar-refractivity contribution >= 4 is 38.8 Å². The molecule has 74 valence electrons. The van der Waals surface area contributed by atoms with Gasteiger partial charge in [-0.3, -0.25) is 4.55 Å². The molecule has 0 aliphatic rings. The van der Waals surface area contributed by atoms with Crippen LogP contribution in [0.4, 0.5) is 8.78 Å². The number of nitrogens with zero attached hydrogens (tertiary/aromatic N) is 2. The molecule has 0 aliphatic heterocycles. The Labute approximate surface area is 87.4 Å². The topological polar surface area (TPSA) is 55.1 Å². The second-order valence-corrected chi connectivity index (χ2v) is 3.99. The Morgan fingerprint density at radius 1 is 1.77 bits per heavy atom. The van der Waals surface area contributed by atoms with Crippen molar-refractivity contribution in [2.24, 2.45) is 0 Å². The van der Waals surface area contributed by atoms with Crippen molar-refractivity contribution in [3.63, 3.8) is 0 Å². The molecule has 0 aromatic carbocycles. The zero-order chi connectivity index (χ0) is 10.2. The molecule has 0 saturated carbocycles. The number of hydrogen-bond donors (Lipinski definition) is 1. The second-order valence-electron chi connectivity index (χ2n) is 1.95. The number of imidazole rings is 1. The lowest BCUT2D eigenvalue weighted by Gasteiger charge is -2.00. The van der Waals surface area contributed by atoms with E-state index in [1.54, 1.807) is 0 Å². The van der Waals surface area contributed by atoms with Crippen LogP contribution in [0, 0.1) is 0 Å². The molecule has 0 radical (unpaired) electrons. The quantitative estimate of drug-likeness (QED) is 0.670. The van der Waals surface area contributed by atoms with Crippen molar-refractivity contribution < 1.29 is 17.5 Å². The average Bonchev–Trinajstić information content (AvgIpc) is 2.29. The SMILES string of the molecule is O=S(O)n1cc(C(F)(F)Cl)nc1Br. The van der Waals surface area contributed by atoms with Crippen molar-refractivity contribution in [2.45, 2.75) is 5.38 Å². The predicted octanol–water partition coefficient (Wildman–Crippen LogP) is 1.92. The van der Waals surface area contributed by atoms with Crippen molar-refractivity contribution in [1.82, 2.24) is 8.96 Å². The number of alkyl halides is 3. The van der Waals surface area contributed by atoms with Crippen LogP contribution in [0.1, 0.15) is 5.69 Å². The molecule has 0 saturated heterocycles. The van der Waals surface area contributed by atoms with Crippen LogP contribution >= 0.6 is 27.5 Å². The number of halogens is 4.